The molecular weight excluding hydrogens is 244 g/mol. The lowest BCUT2D eigenvalue weighted by atomic mass is 9.90. The van der Waals surface area contributed by atoms with E-state index >= 15 is 0 Å². The third-order valence-corrected chi connectivity index (χ3v) is 3.63. The van der Waals surface area contributed by atoms with Gasteiger partial charge >= 0.3 is 0 Å². The minimum absolute atomic E-state index is 0.195. The fourth-order valence-electron chi connectivity index (χ4n) is 2.43. The fourth-order valence-corrected chi connectivity index (χ4v) is 2.57. The Balaban J connectivity index is 2.58. The molecule has 0 heterocycles. The molecule has 0 aromatic heterocycles. The summed E-state index contributed by atoms with van der Waals surface area (Å²) in [5, 5.41) is 0. The molecule has 0 saturated heterocycles. The minimum Gasteiger partial charge on any atom is -0.392 e. The lowest BCUT2D eigenvalue weighted by Crippen LogP contribution is -2.43. The number of carbonyl (C=O) groups excluding carboxylic acids is 1. The summed E-state index contributed by atoms with van der Waals surface area (Å²) in [5.74, 6) is 0.213. The van der Waals surface area contributed by atoms with Gasteiger partial charge in [-0.25, -0.2) is 0 Å². The molecule has 0 aromatic carbocycles. The maximum atomic E-state index is 12.3. The van der Waals surface area contributed by atoms with Crippen LogP contribution in [-0.2, 0) is 4.79 Å². The summed E-state index contributed by atoms with van der Waals surface area (Å²) < 4.78 is 0. The van der Waals surface area contributed by atoms with Gasteiger partial charge in [0, 0.05) is 12.5 Å². The maximum Gasteiger partial charge on any atom is 0.223 e. The predicted octanol–water partition coefficient (Wildman–Crippen LogP) is 2.87. The van der Waals surface area contributed by atoms with Crippen molar-refractivity contribution in [2.24, 2.45) is 11.1 Å². The molecule has 0 aromatic rings. The maximum absolute atomic E-state index is 12.3. The zero-order chi connectivity index (χ0) is 13.8. The van der Waals surface area contributed by atoms with Crippen LogP contribution in [0.25, 0.3) is 0 Å². The van der Waals surface area contributed by atoms with Crippen LogP contribution in [-0.4, -0.2) is 28.4 Å². The van der Waals surface area contributed by atoms with Gasteiger partial charge in [-0.3, -0.25) is 4.79 Å². The molecule has 1 saturated carbocycles. The predicted molar refractivity (Wildman–Crippen MR) is 79.4 cm³/mol. The van der Waals surface area contributed by atoms with E-state index in [1.54, 1.807) is 0 Å². The topological polar surface area (TPSA) is 46.3 Å². The van der Waals surface area contributed by atoms with Crippen molar-refractivity contribution < 1.29 is 4.79 Å². The van der Waals surface area contributed by atoms with E-state index in [0.717, 1.165) is 19.3 Å². The number of nitrogens with two attached hydrogens (primary N) is 1. The van der Waals surface area contributed by atoms with Gasteiger partial charge in [0.25, 0.3) is 0 Å². The second kappa shape index (κ2) is 6.50. The minimum atomic E-state index is 0.195. The third kappa shape index (κ3) is 5.34. The van der Waals surface area contributed by atoms with E-state index in [9.17, 15) is 4.79 Å². The SMILES string of the molecule is CC(C)(C)CCC(=O)N(CC(N)=S)C1CCCC1. The molecule has 1 aliphatic carbocycles. The molecule has 18 heavy (non-hydrogen) atoms. The molecule has 104 valence electrons. The van der Waals surface area contributed by atoms with Gasteiger partial charge in [0.1, 0.15) is 0 Å². The van der Waals surface area contributed by atoms with Crippen molar-refractivity contribution in [3.05, 3.63) is 0 Å². The smallest absolute Gasteiger partial charge is 0.223 e. The molecule has 1 rings (SSSR count). The zero-order valence-corrected chi connectivity index (χ0v) is 12.7. The Labute approximate surface area is 116 Å². The molecule has 0 unspecified atom stereocenters. The van der Waals surface area contributed by atoms with Crippen LogP contribution in [0, 0.1) is 5.41 Å². The van der Waals surface area contributed by atoms with E-state index < -0.39 is 0 Å². The average Bonchev–Trinajstić information content (AvgIpc) is 2.74. The summed E-state index contributed by atoms with van der Waals surface area (Å²) in [6.45, 7) is 6.93. The Bertz CT molecular complexity index is 303. The highest BCUT2D eigenvalue weighted by Crippen LogP contribution is 2.26. The molecule has 0 atom stereocenters. The Kier molecular flexibility index (Phi) is 5.57. The number of carbonyl (C=O) groups is 1. The number of nitrogens with zero attached hydrogens (tertiary/aromatic N) is 1. The van der Waals surface area contributed by atoms with Crippen molar-refractivity contribution >= 4 is 23.1 Å². The lowest BCUT2D eigenvalue weighted by molar-refractivity contribution is -0.133. The van der Waals surface area contributed by atoms with Crippen LogP contribution in [0.15, 0.2) is 0 Å². The van der Waals surface area contributed by atoms with Gasteiger partial charge in [-0.2, -0.15) is 0 Å². The molecule has 0 spiro atoms. The average molecular weight is 270 g/mol. The van der Waals surface area contributed by atoms with Gasteiger partial charge < -0.3 is 10.6 Å². The second-order valence-electron chi connectivity index (χ2n) is 6.49. The number of hydrogen-bond acceptors (Lipinski definition) is 2. The molecule has 0 aliphatic heterocycles. The van der Waals surface area contributed by atoms with Crippen molar-refractivity contribution in [2.75, 3.05) is 6.54 Å². The van der Waals surface area contributed by atoms with Crippen LogP contribution >= 0.6 is 12.2 Å². The van der Waals surface area contributed by atoms with Crippen LogP contribution in [0.1, 0.15) is 59.3 Å². The van der Waals surface area contributed by atoms with E-state index in [4.69, 9.17) is 18.0 Å². The van der Waals surface area contributed by atoms with Gasteiger partial charge in [0.2, 0.25) is 5.91 Å². The molecule has 0 bridgehead atoms. The first-order valence-corrected chi connectivity index (χ1v) is 7.28. The Morgan fingerprint density at radius 2 is 1.89 bits per heavy atom. The number of rotatable bonds is 5. The van der Waals surface area contributed by atoms with Crippen molar-refractivity contribution in [3.8, 4) is 0 Å². The number of amides is 1. The molecule has 2 N–H and O–H groups in total. The van der Waals surface area contributed by atoms with Crippen LogP contribution in [0.4, 0.5) is 0 Å². The van der Waals surface area contributed by atoms with Crippen molar-refractivity contribution in [1.29, 1.82) is 0 Å². The van der Waals surface area contributed by atoms with Crippen LogP contribution in [0.5, 0.6) is 0 Å². The van der Waals surface area contributed by atoms with E-state index in [-0.39, 0.29) is 11.3 Å². The fraction of sp³-hybridized carbons (Fsp3) is 0.857. The highest BCUT2D eigenvalue weighted by Gasteiger charge is 2.27. The first kappa shape index (κ1) is 15.4. The summed E-state index contributed by atoms with van der Waals surface area (Å²) in [7, 11) is 0. The quantitative estimate of drug-likeness (QED) is 0.781. The Morgan fingerprint density at radius 1 is 1.33 bits per heavy atom. The summed E-state index contributed by atoms with van der Waals surface area (Å²) >= 11 is 4.97. The highest BCUT2D eigenvalue weighted by atomic mass is 32.1. The molecule has 0 radical (unpaired) electrons. The summed E-state index contributed by atoms with van der Waals surface area (Å²) in [4.78, 5) is 14.7. The van der Waals surface area contributed by atoms with E-state index in [0.29, 0.717) is 24.0 Å². The van der Waals surface area contributed by atoms with Gasteiger partial charge in [0.05, 0.1) is 11.5 Å². The van der Waals surface area contributed by atoms with Crippen molar-refractivity contribution in [1.82, 2.24) is 4.90 Å². The molecular formula is C14H26N2OS. The first-order valence-electron chi connectivity index (χ1n) is 6.87. The summed E-state index contributed by atoms with van der Waals surface area (Å²) in [5.41, 5.74) is 5.81. The van der Waals surface area contributed by atoms with E-state index in [1.807, 2.05) is 4.90 Å². The standard InChI is InChI=1S/C14H26N2OS/c1-14(2,3)9-8-13(17)16(10-12(15)18)11-6-4-5-7-11/h11H,4-10H2,1-3H3,(H2,15,18). The van der Waals surface area contributed by atoms with Crippen LogP contribution < -0.4 is 5.73 Å². The van der Waals surface area contributed by atoms with Gasteiger partial charge in [-0.05, 0) is 24.7 Å². The molecule has 1 amide bonds. The van der Waals surface area contributed by atoms with Gasteiger partial charge in [-0.15, -0.1) is 0 Å². The van der Waals surface area contributed by atoms with Gasteiger partial charge in [-0.1, -0.05) is 45.8 Å². The van der Waals surface area contributed by atoms with Crippen molar-refractivity contribution in [2.45, 2.75) is 65.3 Å². The first-order chi connectivity index (χ1) is 8.29. The lowest BCUT2D eigenvalue weighted by Gasteiger charge is -2.30. The molecule has 1 fully saturated rings. The normalized spacial score (nSPS) is 16.8. The van der Waals surface area contributed by atoms with Gasteiger partial charge in [0.15, 0.2) is 0 Å². The van der Waals surface area contributed by atoms with E-state index in [1.165, 1.54) is 12.8 Å². The second-order valence-corrected chi connectivity index (χ2v) is 7.01. The summed E-state index contributed by atoms with van der Waals surface area (Å²) in [6, 6.07) is 0.360. The Morgan fingerprint density at radius 3 is 2.33 bits per heavy atom. The van der Waals surface area contributed by atoms with Crippen molar-refractivity contribution in [3.63, 3.8) is 0 Å². The van der Waals surface area contributed by atoms with E-state index in [2.05, 4.69) is 20.8 Å². The number of thiocarbonyl (C=S) groups is 1. The third-order valence-electron chi connectivity index (χ3n) is 3.50. The molecule has 3 nitrogen and oxygen atoms in total. The monoisotopic (exact) mass is 270 g/mol. The largest absolute Gasteiger partial charge is 0.392 e. The zero-order valence-electron chi connectivity index (χ0n) is 11.9. The molecule has 4 heteroatoms. The highest BCUT2D eigenvalue weighted by molar-refractivity contribution is 7.80. The molecule has 1 aliphatic rings. The number of hydrogen-bond donors (Lipinski definition) is 1. The summed E-state index contributed by atoms with van der Waals surface area (Å²) in [6.07, 6.45) is 6.14. The van der Waals surface area contributed by atoms with Crippen LogP contribution in [0.2, 0.25) is 0 Å². The van der Waals surface area contributed by atoms with Crippen LogP contribution in [0.3, 0.4) is 0 Å². The Hall–Kier alpha value is -0.640.